The first-order valence-electron chi connectivity index (χ1n) is 6.07. The van der Waals surface area contributed by atoms with Crippen molar-refractivity contribution in [3.8, 4) is 0 Å². The lowest BCUT2D eigenvalue weighted by Crippen LogP contribution is -2.52. The molecule has 0 atom stereocenters. The minimum Gasteiger partial charge on any atom is -0.481 e. The summed E-state index contributed by atoms with van der Waals surface area (Å²) in [5, 5.41) is 19.1. The Labute approximate surface area is 90.5 Å². The van der Waals surface area contributed by atoms with Crippen LogP contribution >= 0.6 is 0 Å². The smallest absolute Gasteiger partial charge is 0.306 e. The average Bonchev–Trinajstić information content (AvgIpc) is 2.40. The van der Waals surface area contributed by atoms with Gasteiger partial charge in [-0.15, -0.1) is 0 Å². The van der Waals surface area contributed by atoms with Gasteiger partial charge in [0.05, 0.1) is 11.5 Å². The van der Waals surface area contributed by atoms with Gasteiger partial charge in [0.15, 0.2) is 0 Å². The number of carboxylic acids is 1. The van der Waals surface area contributed by atoms with Crippen LogP contribution < -0.4 is 0 Å². The highest BCUT2D eigenvalue weighted by atomic mass is 16.4. The molecular formula is C12H20O3. The quantitative estimate of drug-likeness (QED) is 0.690. The second kappa shape index (κ2) is 4.12. The number of hydrogen-bond donors (Lipinski definition) is 2. The Morgan fingerprint density at radius 1 is 1.07 bits per heavy atom. The third-order valence-corrected chi connectivity index (χ3v) is 4.16. The average molecular weight is 212 g/mol. The monoisotopic (exact) mass is 212 g/mol. The summed E-state index contributed by atoms with van der Waals surface area (Å²) in [6.07, 6.45) is 8.07. The van der Waals surface area contributed by atoms with E-state index < -0.39 is 11.6 Å². The van der Waals surface area contributed by atoms with E-state index in [9.17, 15) is 9.90 Å². The Morgan fingerprint density at radius 3 is 2.07 bits per heavy atom. The van der Waals surface area contributed by atoms with E-state index in [-0.39, 0.29) is 5.92 Å². The maximum absolute atomic E-state index is 10.7. The standard InChI is InChI=1S/C12H20O3/c13-11(14)9-7-12(15,8-9)10-5-3-1-2-4-6-10/h9-10,15H,1-8H2,(H,13,14). The Balaban J connectivity index is 1.90. The predicted octanol–water partition coefficient (Wildman–Crippen LogP) is 2.18. The second-order valence-electron chi connectivity index (χ2n) is 5.24. The van der Waals surface area contributed by atoms with E-state index in [4.69, 9.17) is 5.11 Å². The first-order valence-corrected chi connectivity index (χ1v) is 6.07. The molecule has 0 aromatic carbocycles. The SMILES string of the molecule is O=C(O)C1CC(O)(C2CCCCCC2)C1. The van der Waals surface area contributed by atoms with Gasteiger partial charge in [-0.25, -0.2) is 0 Å². The van der Waals surface area contributed by atoms with E-state index in [2.05, 4.69) is 0 Å². The van der Waals surface area contributed by atoms with Crippen molar-refractivity contribution in [1.82, 2.24) is 0 Å². The molecule has 86 valence electrons. The number of aliphatic carboxylic acids is 1. The van der Waals surface area contributed by atoms with E-state index in [1.54, 1.807) is 0 Å². The summed E-state index contributed by atoms with van der Waals surface area (Å²) in [6.45, 7) is 0. The summed E-state index contributed by atoms with van der Waals surface area (Å²) in [4.78, 5) is 10.7. The zero-order valence-electron chi connectivity index (χ0n) is 9.11. The van der Waals surface area contributed by atoms with Crippen LogP contribution in [0.25, 0.3) is 0 Å². The molecule has 0 aromatic heterocycles. The molecule has 2 fully saturated rings. The van der Waals surface area contributed by atoms with E-state index in [1.165, 1.54) is 25.7 Å². The van der Waals surface area contributed by atoms with Crippen molar-refractivity contribution in [2.45, 2.75) is 57.0 Å². The summed E-state index contributed by atoms with van der Waals surface area (Å²) in [5.41, 5.74) is -0.645. The van der Waals surface area contributed by atoms with E-state index in [0.717, 1.165) is 12.8 Å². The molecule has 0 spiro atoms. The van der Waals surface area contributed by atoms with Crippen LogP contribution in [0.3, 0.4) is 0 Å². The van der Waals surface area contributed by atoms with Gasteiger partial charge in [-0.3, -0.25) is 4.79 Å². The Morgan fingerprint density at radius 2 is 1.60 bits per heavy atom. The van der Waals surface area contributed by atoms with Crippen molar-refractivity contribution in [3.63, 3.8) is 0 Å². The predicted molar refractivity (Wildman–Crippen MR) is 56.5 cm³/mol. The van der Waals surface area contributed by atoms with Crippen LogP contribution in [0.15, 0.2) is 0 Å². The maximum atomic E-state index is 10.7. The summed E-state index contributed by atoms with van der Waals surface area (Å²) in [7, 11) is 0. The maximum Gasteiger partial charge on any atom is 0.306 e. The van der Waals surface area contributed by atoms with Crippen LogP contribution in [-0.2, 0) is 4.79 Å². The van der Waals surface area contributed by atoms with Crippen LogP contribution in [0.1, 0.15) is 51.4 Å². The van der Waals surface area contributed by atoms with E-state index in [1.807, 2.05) is 0 Å². The molecule has 0 bridgehead atoms. The first kappa shape index (κ1) is 10.9. The summed E-state index contributed by atoms with van der Waals surface area (Å²) in [5.74, 6) is -0.679. The second-order valence-corrected chi connectivity index (χ2v) is 5.24. The van der Waals surface area contributed by atoms with Gasteiger partial charge in [0.25, 0.3) is 0 Å². The summed E-state index contributed by atoms with van der Waals surface area (Å²) >= 11 is 0. The van der Waals surface area contributed by atoms with Crippen LogP contribution in [0.4, 0.5) is 0 Å². The van der Waals surface area contributed by atoms with Crippen molar-refractivity contribution in [2.75, 3.05) is 0 Å². The Bertz CT molecular complexity index is 235. The van der Waals surface area contributed by atoms with Crippen molar-refractivity contribution in [2.24, 2.45) is 11.8 Å². The van der Waals surface area contributed by atoms with Gasteiger partial charge < -0.3 is 10.2 Å². The minimum atomic E-state index is -0.742. The molecule has 0 radical (unpaired) electrons. The largest absolute Gasteiger partial charge is 0.481 e. The molecule has 0 unspecified atom stereocenters. The molecule has 0 amide bonds. The van der Waals surface area contributed by atoms with Crippen LogP contribution in [-0.4, -0.2) is 21.8 Å². The number of rotatable bonds is 2. The summed E-state index contributed by atoms with van der Waals surface area (Å²) < 4.78 is 0. The van der Waals surface area contributed by atoms with Crippen LogP contribution in [0, 0.1) is 11.8 Å². The minimum absolute atomic E-state index is 0.293. The molecule has 2 N–H and O–H groups in total. The topological polar surface area (TPSA) is 57.5 Å². The fourth-order valence-corrected chi connectivity index (χ4v) is 3.12. The molecule has 0 saturated heterocycles. The molecule has 3 nitrogen and oxygen atoms in total. The molecule has 2 aliphatic rings. The Kier molecular flexibility index (Phi) is 3.01. The van der Waals surface area contributed by atoms with Gasteiger partial charge in [-0.05, 0) is 31.6 Å². The lowest BCUT2D eigenvalue weighted by Gasteiger charge is -2.47. The van der Waals surface area contributed by atoms with Gasteiger partial charge in [-0.2, -0.15) is 0 Å². The lowest BCUT2D eigenvalue weighted by atomic mass is 9.62. The number of aliphatic hydroxyl groups is 1. The molecule has 3 heteroatoms. The highest BCUT2D eigenvalue weighted by Crippen LogP contribution is 2.47. The molecular weight excluding hydrogens is 192 g/mol. The number of carbonyl (C=O) groups is 1. The highest BCUT2D eigenvalue weighted by Gasteiger charge is 2.50. The Hall–Kier alpha value is -0.570. The molecule has 2 aliphatic carbocycles. The first-order chi connectivity index (χ1) is 7.12. The number of carboxylic acid groups (broad SMARTS) is 1. The van der Waals surface area contributed by atoms with Crippen molar-refractivity contribution < 1.29 is 15.0 Å². The van der Waals surface area contributed by atoms with E-state index >= 15 is 0 Å². The normalized spacial score (nSPS) is 38.1. The molecule has 0 aliphatic heterocycles. The van der Waals surface area contributed by atoms with Crippen LogP contribution in [0.5, 0.6) is 0 Å². The molecule has 0 aromatic rings. The van der Waals surface area contributed by atoms with Crippen molar-refractivity contribution in [3.05, 3.63) is 0 Å². The summed E-state index contributed by atoms with van der Waals surface area (Å²) in [6, 6.07) is 0. The van der Waals surface area contributed by atoms with Crippen molar-refractivity contribution >= 4 is 5.97 Å². The lowest BCUT2D eigenvalue weighted by molar-refractivity contribution is -0.167. The number of hydrogen-bond acceptors (Lipinski definition) is 2. The van der Waals surface area contributed by atoms with E-state index in [0.29, 0.717) is 18.8 Å². The molecule has 2 saturated carbocycles. The third kappa shape index (κ3) is 2.17. The molecule has 2 rings (SSSR count). The zero-order chi connectivity index (χ0) is 10.9. The van der Waals surface area contributed by atoms with Crippen molar-refractivity contribution in [1.29, 1.82) is 0 Å². The third-order valence-electron chi connectivity index (χ3n) is 4.16. The molecule has 15 heavy (non-hydrogen) atoms. The molecule has 0 heterocycles. The van der Waals surface area contributed by atoms with Gasteiger partial charge >= 0.3 is 5.97 Å². The fraction of sp³-hybridized carbons (Fsp3) is 0.917. The fourth-order valence-electron chi connectivity index (χ4n) is 3.12. The van der Waals surface area contributed by atoms with Gasteiger partial charge in [0.1, 0.15) is 0 Å². The van der Waals surface area contributed by atoms with Gasteiger partial charge in [0, 0.05) is 0 Å². The zero-order valence-corrected chi connectivity index (χ0v) is 9.11. The highest BCUT2D eigenvalue weighted by molar-refractivity contribution is 5.71. The van der Waals surface area contributed by atoms with Crippen LogP contribution in [0.2, 0.25) is 0 Å². The van der Waals surface area contributed by atoms with Gasteiger partial charge in [0.2, 0.25) is 0 Å². The van der Waals surface area contributed by atoms with Gasteiger partial charge in [-0.1, -0.05) is 25.7 Å².